The molecular formula is C20H17FN2O2S2. The fourth-order valence-corrected chi connectivity index (χ4v) is 3.56. The van der Waals surface area contributed by atoms with Crippen LogP contribution in [0, 0.1) is 5.82 Å². The van der Waals surface area contributed by atoms with Gasteiger partial charge in [0.05, 0.1) is 5.69 Å². The lowest BCUT2D eigenvalue weighted by molar-refractivity contribution is -0.116. The van der Waals surface area contributed by atoms with Crippen molar-refractivity contribution in [3.8, 4) is 11.3 Å². The lowest BCUT2D eigenvalue weighted by Gasteiger charge is -2.02. The van der Waals surface area contributed by atoms with E-state index in [4.69, 9.17) is 0 Å². The van der Waals surface area contributed by atoms with Crippen LogP contribution in [0.1, 0.15) is 23.2 Å². The average Bonchev–Trinajstić information content (AvgIpc) is 3.15. The first-order valence-electron chi connectivity index (χ1n) is 8.24. The summed E-state index contributed by atoms with van der Waals surface area (Å²) in [6.45, 7) is 0. The minimum Gasteiger partial charge on any atom is -0.302 e. The van der Waals surface area contributed by atoms with Gasteiger partial charge in [-0.15, -0.1) is 23.1 Å². The van der Waals surface area contributed by atoms with Crippen LogP contribution in [0.4, 0.5) is 9.52 Å². The highest BCUT2D eigenvalue weighted by atomic mass is 32.2. The largest absolute Gasteiger partial charge is 0.302 e. The molecule has 0 fully saturated rings. The van der Waals surface area contributed by atoms with Crippen LogP contribution in [-0.2, 0) is 4.79 Å². The molecule has 0 bridgehead atoms. The predicted octanol–water partition coefficient (Wildman–Crippen LogP) is 5.27. The molecule has 0 spiro atoms. The van der Waals surface area contributed by atoms with Gasteiger partial charge in [0, 0.05) is 34.2 Å². The molecule has 1 amide bonds. The van der Waals surface area contributed by atoms with Crippen molar-refractivity contribution in [1.29, 1.82) is 0 Å². The number of thiazole rings is 1. The van der Waals surface area contributed by atoms with E-state index in [9.17, 15) is 14.0 Å². The molecule has 0 saturated heterocycles. The van der Waals surface area contributed by atoms with E-state index in [-0.39, 0.29) is 24.5 Å². The third kappa shape index (κ3) is 5.24. The summed E-state index contributed by atoms with van der Waals surface area (Å²) >= 11 is 3.01. The van der Waals surface area contributed by atoms with Gasteiger partial charge in [-0.2, -0.15) is 0 Å². The van der Waals surface area contributed by atoms with Gasteiger partial charge in [0.15, 0.2) is 10.9 Å². The van der Waals surface area contributed by atoms with E-state index in [0.717, 1.165) is 11.3 Å². The van der Waals surface area contributed by atoms with Crippen molar-refractivity contribution in [3.63, 3.8) is 0 Å². The van der Waals surface area contributed by atoms with Gasteiger partial charge in [-0.3, -0.25) is 9.59 Å². The Hall–Kier alpha value is -2.51. The van der Waals surface area contributed by atoms with Crippen LogP contribution in [0.15, 0.2) is 58.8 Å². The fraction of sp³-hybridized carbons (Fsp3) is 0.150. The normalized spacial score (nSPS) is 10.6. The number of carbonyl (C=O) groups is 2. The molecule has 1 heterocycles. The van der Waals surface area contributed by atoms with Crippen LogP contribution in [0.5, 0.6) is 0 Å². The quantitative estimate of drug-likeness (QED) is 0.433. The van der Waals surface area contributed by atoms with Crippen molar-refractivity contribution in [3.05, 3.63) is 65.3 Å². The summed E-state index contributed by atoms with van der Waals surface area (Å²) in [5.74, 6) is -0.866. The van der Waals surface area contributed by atoms with Crippen molar-refractivity contribution in [2.45, 2.75) is 17.7 Å². The number of thioether (sulfide) groups is 1. The summed E-state index contributed by atoms with van der Waals surface area (Å²) in [5.41, 5.74) is 2.18. The van der Waals surface area contributed by atoms with E-state index in [1.54, 1.807) is 11.8 Å². The molecular weight excluding hydrogens is 383 g/mol. The molecule has 2 aromatic carbocycles. The van der Waals surface area contributed by atoms with Crippen LogP contribution in [0.25, 0.3) is 11.3 Å². The average molecular weight is 400 g/mol. The molecule has 0 saturated carbocycles. The Balaban J connectivity index is 1.54. The van der Waals surface area contributed by atoms with Crippen molar-refractivity contribution < 1.29 is 14.0 Å². The minimum atomic E-state index is -0.396. The van der Waals surface area contributed by atoms with Crippen molar-refractivity contribution in [1.82, 2.24) is 4.98 Å². The summed E-state index contributed by atoms with van der Waals surface area (Å²) in [7, 11) is 0. The smallest absolute Gasteiger partial charge is 0.226 e. The van der Waals surface area contributed by atoms with E-state index in [2.05, 4.69) is 10.3 Å². The van der Waals surface area contributed by atoms with Gasteiger partial charge < -0.3 is 5.32 Å². The van der Waals surface area contributed by atoms with Crippen LogP contribution < -0.4 is 5.32 Å². The molecule has 0 radical (unpaired) electrons. The molecule has 0 atom stereocenters. The van der Waals surface area contributed by atoms with Crippen LogP contribution in [-0.4, -0.2) is 22.9 Å². The Morgan fingerprint density at radius 2 is 1.78 bits per heavy atom. The minimum absolute atomic E-state index is 0.0492. The number of amides is 1. The van der Waals surface area contributed by atoms with E-state index >= 15 is 0 Å². The highest BCUT2D eigenvalue weighted by Crippen LogP contribution is 2.26. The zero-order chi connectivity index (χ0) is 19.2. The zero-order valence-electron chi connectivity index (χ0n) is 14.6. The Labute approximate surface area is 164 Å². The number of carbonyl (C=O) groups excluding carboxylic acids is 2. The standard InChI is InChI=1S/C20H17FN2O2S2/c1-26-16-8-4-13(5-9-16)17-12-27-20(22-17)23-19(25)11-10-18(24)14-2-6-15(21)7-3-14/h2-9,12H,10-11H2,1H3,(H,22,23,25). The van der Waals surface area contributed by atoms with Gasteiger partial charge in [-0.05, 0) is 42.7 Å². The van der Waals surface area contributed by atoms with Gasteiger partial charge in [-0.1, -0.05) is 12.1 Å². The second-order valence-corrected chi connectivity index (χ2v) is 7.48. The first-order chi connectivity index (χ1) is 13.0. The van der Waals surface area contributed by atoms with E-state index in [0.29, 0.717) is 10.7 Å². The lowest BCUT2D eigenvalue weighted by atomic mass is 10.1. The number of benzene rings is 2. The Morgan fingerprint density at radius 1 is 1.07 bits per heavy atom. The second-order valence-electron chi connectivity index (χ2n) is 5.74. The molecule has 4 nitrogen and oxygen atoms in total. The third-order valence-corrected chi connectivity index (χ3v) is 5.38. The number of nitrogens with zero attached hydrogens (tertiary/aromatic N) is 1. The molecule has 138 valence electrons. The molecule has 0 unspecified atom stereocenters. The summed E-state index contributed by atoms with van der Waals surface area (Å²) in [6.07, 6.45) is 2.13. The summed E-state index contributed by atoms with van der Waals surface area (Å²) in [4.78, 5) is 29.7. The molecule has 3 aromatic rings. The number of hydrogen-bond donors (Lipinski definition) is 1. The molecule has 7 heteroatoms. The number of Topliss-reactive ketones (excluding diaryl/α,β-unsaturated/α-hetero) is 1. The fourth-order valence-electron chi connectivity index (χ4n) is 2.41. The Kier molecular flexibility index (Phi) is 6.36. The molecule has 3 rings (SSSR count). The zero-order valence-corrected chi connectivity index (χ0v) is 16.2. The first kappa shape index (κ1) is 19.3. The van der Waals surface area contributed by atoms with E-state index < -0.39 is 5.82 Å². The molecule has 0 aliphatic carbocycles. The third-order valence-electron chi connectivity index (χ3n) is 3.88. The van der Waals surface area contributed by atoms with Gasteiger partial charge in [0.25, 0.3) is 0 Å². The molecule has 1 N–H and O–H groups in total. The van der Waals surface area contributed by atoms with Gasteiger partial charge in [-0.25, -0.2) is 9.37 Å². The van der Waals surface area contributed by atoms with Gasteiger partial charge in [0.2, 0.25) is 5.91 Å². The maximum atomic E-state index is 12.9. The van der Waals surface area contributed by atoms with Crippen molar-refractivity contribution in [2.24, 2.45) is 0 Å². The number of halogens is 1. The van der Waals surface area contributed by atoms with Crippen LogP contribution in [0.3, 0.4) is 0 Å². The first-order valence-corrected chi connectivity index (χ1v) is 10.3. The highest BCUT2D eigenvalue weighted by molar-refractivity contribution is 7.98. The Bertz CT molecular complexity index is 937. The lowest BCUT2D eigenvalue weighted by Crippen LogP contribution is -2.13. The summed E-state index contributed by atoms with van der Waals surface area (Å²) in [5, 5.41) is 5.10. The predicted molar refractivity (Wildman–Crippen MR) is 108 cm³/mol. The van der Waals surface area contributed by atoms with E-state index in [1.807, 2.05) is 35.9 Å². The number of ketones is 1. The molecule has 0 aliphatic rings. The maximum Gasteiger partial charge on any atom is 0.226 e. The summed E-state index contributed by atoms with van der Waals surface area (Å²) in [6, 6.07) is 13.3. The SMILES string of the molecule is CSc1ccc(-c2csc(NC(=O)CCC(=O)c3ccc(F)cc3)n2)cc1. The van der Waals surface area contributed by atoms with Crippen molar-refractivity contribution in [2.75, 3.05) is 11.6 Å². The number of nitrogens with one attached hydrogen (secondary N) is 1. The van der Waals surface area contributed by atoms with E-state index in [1.165, 1.54) is 40.5 Å². The number of hydrogen-bond acceptors (Lipinski definition) is 5. The number of anilines is 1. The van der Waals surface area contributed by atoms with Crippen molar-refractivity contribution >= 4 is 39.9 Å². The number of aromatic nitrogens is 1. The highest BCUT2D eigenvalue weighted by Gasteiger charge is 2.12. The van der Waals surface area contributed by atoms with Crippen LogP contribution >= 0.6 is 23.1 Å². The topological polar surface area (TPSA) is 59.1 Å². The molecule has 1 aromatic heterocycles. The molecule has 27 heavy (non-hydrogen) atoms. The Morgan fingerprint density at radius 3 is 2.44 bits per heavy atom. The van der Waals surface area contributed by atoms with Gasteiger partial charge in [0.1, 0.15) is 5.82 Å². The monoisotopic (exact) mass is 400 g/mol. The number of rotatable bonds is 7. The molecule has 0 aliphatic heterocycles. The van der Waals surface area contributed by atoms with Crippen LogP contribution in [0.2, 0.25) is 0 Å². The summed E-state index contributed by atoms with van der Waals surface area (Å²) < 4.78 is 12.9. The second kappa shape index (κ2) is 8.92. The van der Waals surface area contributed by atoms with Gasteiger partial charge >= 0.3 is 0 Å². The maximum absolute atomic E-state index is 12.9.